The quantitative estimate of drug-likeness (QED) is 0.406. The summed E-state index contributed by atoms with van der Waals surface area (Å²) < 4.78 is 5.88. The highest BCUT2D eigenvalue weighted by molar-refractivity contribution is 5.66. The molecule has 0 aromatic heterocycles. The molecular formula is C21H34O4. The molecule has 4 heteroatoms. The first-order valence-corrected chi connectivity index (χ1v) is 9.96. The van der Waals surface area contributed by atoms with Crippen molar-refractivity contribution >= 4 is 5.97 Å². The first-order chi connectivity index (χ1) is 12.1. The van der Waals surface area contributed by atoms with Crippen LogP contribution in [0.3, 0.4) is 0 Å². The first-order valence-electron chi connectivity index (χ1n) is 9.96. The molecule has 1 aliphatic carbocycles. The van der Waals surface area contributed by atoms with Gasteiger partial charge in [0, 0.05) is 6.42 Å². The lowest BCUT2D eigenvalue weighted by Crippen LogP contribution is -2.27. The predicted molar refractivity (Wildman–Crippen MR) is 99.4 cm³/mol. The Bertz CT molecular complexity index is 457. The monoisotopic (exact) mass is 350 g/mol. The standard InChI is InChI=1S/C21H34O4/c1-2-3-6-9-17(22)12-13-18-16-14-20(25-15-16)19(18)10-7-4-5-8-11-21(23)24/h4,7,12-13,16-20,22H,2-3,5-6,8-11,14-15H2,1H3,(H,23,24)/b7-4-,13-12+/t16-,17+,18-,19+,20-/m1/s1. The molecule has 2 fully saturated rings. The van der Waals surface area contributed by atoms with Crippen molar-refractivity contribution in [2.75, 3.05) is 6.61 Å². The molecule has 2 rings (SSSR count). The highest BCUT2D eigenvalue weighted by Gasteiger charge is 2.46. The number of carbonyl (C=O) groups is 1. The van der Waals surface area contributed by atoms with E-state index in [1.54, 1.807) is 0 Å². The Morgan fingerprint density at radius 1 is 1.28 bits per heavy atom. The Kier molecular flexibility index (Phi) is 8.70. The van der Waals surface area contributed by atoms with Gasteiger partial charge in [-0.3, -0.25) is 4.79 Å². The third-order valence-electron chi connectivity index (χ3n) is 5.57. The van der Waals surface area contributed by atoms with E-state index in [4.69, 9.17) is 9.84 Å². The summed E-state index contributed by atoms with van der Waals surface area (Å²) in [6.45, 7) is 3.03. The van der Waals surface area contributed by atoms with Crippen LogP contribution in [0.4, 0.5) is 0 Å². The van der Waals surface area contributed by atoms with Gasteiger partial charge in [-0.05, 0) is 49.9 Å². The molecule has 0 spiro atoms. The highest BCUT2D eigenvalue weighted by Crippen LogP contribution is 2.47. The van der Waals surface area contributed by atoms with Crippen molar-refractivity contribution in [2.45, 2.75) is 76.9 Å². The van der Waals surface area contributed by atoms with E-state index < -0.39 is 5.97 Å². The maximum Gasteiger partial charge on any atom is 0.303 e. The molecule has 142 valence electrons. The second-order valence-electron chi connectivity index (χ2n) is 7.55. The molecule has 0 amide bonds. The summed E-state index contributed by atoms with van der Waals surface area (Å²) in [6, 6.07) is 0. The molecular weight excluding hydrogens is 316 g/mol. The van der Waals surface area contributed by atoms with Gasteiger partial charge in [-0.15, -0.1) is 0 Å². The molecule has 25 heavy (non-hydrogen) atoms. The third kappa shape index (κ3) is 6.59. The van der Waals surface area contributed by atoms with Crippen molar-refractivity contribution in [1.82, 2.24) is 0 Å². The van der Waals surface area contributed by atoms with Crippen LogP contribution in [0.2, 0.25) is 0 Å². The summed E-state index contributed by atoms with van der Waals surface area (Å²) in [6.07, 6.45) is 16.8. The second-order valence-corrected chi connectivity index (χ2v) is 7.55. The molecule has 1 heterocycles. The summed E-state index contributed by atoms with van der Waals surface area (Å²) in [5.41, 5.74) is 0. The maximum atomic E-state index is 10.5. The van der Waals surface area contributed by atoms with E-state index in [0.717, 1.165) is 38.7 Å². The molecule has 2 bridgehead atoms. The van der Waals surface area contributed by atoms with Crippen LogP contribution in [-0.4, -0.2) is 35.0 Å². The van der Waals surface area contributed by atoms with E-state index in [9.17, 15) is 9.90 Å². The molecule has 0 aromatic rings. The Hall–Kier alpha value is -1.13. The second kappa shape index (κ2) is 10.8. The van der Waals surface area contributed by atoms with Crippen LogP contribution in [0.5, 0.6) is 0 Å². The number of aliphatic hydroxyl groups excluding tert-OH is 1. The lowest BCUT2D eigenvalue weighted by molar-refractivity contribution is -0.137. The predicted octanol–water partition coefficient (Wildman–Crippen LogP) is 4.34. The molecule has 0 unspecified atom stereocenters. The van der Waals surface area contributed by atoms with Crippen molar-refractivity contribution in [3.63, 3.8) is 0 Å². The zero-order valence-electron chi connectivity index (χ0n) is 15.5. The number of allylic oxidation sites excluding steroid dienone is 3. The zero-order valence-corrected chi connectivity index (χ0v) is 15.5. The van der Waals surface area contributed by atoms with Crippen LogP contribution in [0.25, 0.3) is 0 Å². The topological polar surface area (TPSA) is 66.8 Å². The third-order valence-corrected chi connectivity index (χ3v) is 5.57. The Balaban J connectivity index is 1.78. The van der Waals surface area contributed by atoms with Crippen LogP contribution < -0.4 is 0 Å². The van der Waals surface area contributed by atoms with Gasteiger partial charge in [-0.1, -0.05) is 50.5 Å². The molecule has 1 aliphatic heterocycles. The minimum Gasteiger partial charge on any atom is -0.481 e. The highest BCUT2D eigenvalue weighted by atomic mass is 16.5. The maximum absolute atomic E-state index is 10.5. The van der Waals surface area contributed by atoms with Gasteiger partial charge in [-0.2, -0.15) is 0 Å². The number of carboxylic acids is 1. The summed E-state index contributed by atoms with van der Waals surface area (Å²) in [5, 5.41) is 18.8. The Labute approximate surface area is 152 Å². The van der Waals surface area contributed by atoms with Crippen molar-refractivity contribution in [1.29, 1.82) is 0 Å². The average molecular weight is 350 g/mol. The summed E-state index contributed by atoms with van der Waals surface area (Å²) in [4.78, 5) is 10.5. The van der Waals surface area contributed by atoms with Gasteiger partial charge < -0.3 is 14.9 Å². The van der Waals surface area contributed by atoms with Gasteiger partial charge in [0.25, 0.3) is 0 Å². The smallest absolute Gasteiger partial charge is 0.303 e. The number of fused-ring (bicyclic) bond motifs is 2. The summed E-state index contributed by atoms with van der Waals surface area (Å²) in [7, 11) is 0. The van der Waals surface area contributed by atoms with Gasteiger partial charge in [0.05, 0.1) is 18.8 Å². The molecule has 5 atom stereocenters. The fourth-order valence-electron chi connectivity index (χ4n) is 4.15. The molecule has 1 saturated carbocycles. The van der Waals surface area contributed by atoms with E-state index in [0.29, 0.717) is 30.3 Å². The Morgan fingerprint density at radius 2 is 2.12 bits per heavy atom. The van der Waals surface area contributed by atoms with E-state index in [-0.39, 0.29) is 12.5 Å². The number of hydrogen-bond donors (Lipinski definition) is 2. The van der Waals surface area contributed by atoms with Crippen LogP contribution >= 0.6 is 0 Å². The molecule has 0 aromatic carbocycles. The number of unbranched alkanes of at least 4 members (excludes halogenated alkanes) is 3. The van der Waals surface area contributed by atoms with E-state index >= 15 is 0 Å². The van der Waals surface area contributed by atoms with Gasteiger partial charge in [0.2, 0.25) is 0 Å². The zero-order chi connectivity index (χ0) is 18.1. The normalized spacial score (nSPS) is 29.8. The van der Waals surface area contributed by atoms with Crippen molar-refractivity contribution in [3.8, 4) is 0 Å². The van der Waals surface area contributed by atoms with Crippen LogP contribution in [0, 0.1) is 17.8 Å². The minimum atomic E-state index is -0.724. The van der Waals surface area contributed by atoms with Crippen molar-refractivity contribution in [2.24, 2.45) is 17.8 Å². The lowest BCUT2D eigenvalue weighted by atomic mass is 9.85. The molecule has 4 nitrogen and oxygen atoms in total. The van der Waals surface area contributed by atoms with Crippen molar-refractivity contribution < 1.29 is 19.7 Å². The fourth-order valence-corrected chi connectivity index (χ4v) is 4.15. The fraction of sp³-hybridized carbons (Fsp3) is 0.762. The molecule has 1 saturated heterocycles. The molecule has 0 radical (unpaired) electrons. The van der Waals surface area contributed by atoms with Gasteiger partial charge in [0.1, 0.15) is 0 Å². The van der Waals surface area contributed by atoms with Crippen LogP contribution in [0.15, 0.2) is 24.3 Å². The number of hydrogen-bond acceptors (Lipinski definition) is 3. The molecule has 2 N–H and O–H groups in total. The van der Waals surface area contributed by atoms with Crippen LogP contribution in [0.1, 0.15) is 64.7 Å². The van der Waals surface area contributed by atoms with Gasteiger partial charge >= 0.3 is 5.97 Å². The number of aliphatic hydroxyl groups is 1. The summed E-state index contributed by atoms with van der Waals surface area (Å²) >= 11 is 0. The Morgan fingerprint density at radius 3 is 2.88 bits per heavy atom. The SMILES string of the molecule is CCCCC[C@H](O)/C=C/[C@@H]1[C@H]2CO[C@H](C2)[C@H]1C/C=C\CCCC(=O)O. The van der Waals surface area contributed by atoms with Gasteiger partial charge in [0.15, 0.2) is 0 Å². The lowest BCUT2D eigenvalue weighted by Gasteiger charge is -2.28. The number of carboxylic acid groups (broad SMARTS) is 1. The van der Waals surface area contributed by atoms with Crippen LogP contribution in [-0.2, 0) is 9.53 Å². The minimum absolute atomic E-state index is 0.239. The van der Waals surface area contributed by atoms with E-state index in [1.807, 2.05) is 6.08 Å². The van der Waals surface area contributed by atoms with Gasteiger partial charge in [-0.25, -0.2) is 0 Å². The van der Waals surface area contributed by atoms with E-state index in [2.05, 4.69) is 25.2 Å². The summed E-state index contributed by atoms with van der Waals surface area (Å²) in [5.74, 6) is 0.865. The average Bonchev–Trinajstić information content (AvgIpc) is 3.17. The first kappa shape index (κ1) is 20.2. The number of aliphatic carboxylic acids is 1. The largest absolute Gasteiger partial charge is 0.481 e. The van der Waals surface area contributed by atoms with E-state index in [1.165, 1.54) is 12.8 Å². The number of rotatable bonds is 12. The van der Waals surface area contributed by atoms with Crippen molar-refractivity contribution in [3.05, 3.63) is 24.3 Å². The number of ether oxygens (including phenoxy) is 1. The molecule has 2 aliphatic rings.